The van der Waals surface area contributed by atoms with Crippen molar-refractivity contribution in [3.05, 3.63) is 218 Å². The summed E-state index contributed by atoms with van der Waals surface area (Å²) >= 11 is 0. The van der Waals surface area contributed by atoms with Crippen molar-refractivity contribution in [3.63, 3.8) is 0 Å². The van der Waals surface area contributed by atoms with Crippen molar-refractivity contribution in [2.24, 2.45) is 0 Å². The summed E-state index contributed by atoms with van der Waals surface area (Å²) < 4.78 is 0. The van der Waals surface area contributed by atoms with Gasteiger partial charge in [-0.15, -0.1) is 0 Å². The van der Waals surface area contributed by atoms with Gasteiger partial charge in [0.1, 0.15) is 0 Å². The molecule has 0 amide bonds. The lowest BCUT2D eigenvalue weighted by Crippen LogP contribution is -2.18. The molecule has 0 aromatic heterocycles. The average molecular weight is 665 g/mol. The van der Waals surface area contributed by atoms with Gasteiger partial charge in [0.2, 0.25) is 0 Å². The van der Waals surface area contributed by atoms with Crippen LogP contribution in [0.2, 0.25) is 0 Å². The third-order valence-electron chi connectivity index (χ3n) is 9.83. The summed E-state index contributed by atoms with van der Waals surface area (Å²) in [5.74, 6) is 0. The van der Waals surface area contributed by atoms with Crippen molar-refractivity contribution in [2.45, 2.75) is 0 Å². The molecule has 9 rings (SSSR count). The highest BCUT2D eigenvalue weighted by Gasteiger charge is 2.28. The molecule has 0 atom stereocenters. The van der Waals surface area contributed by atoms with Gasteiger partial charge >= 0.3 is 0 Å². The van der Waals surface area contributed by atoms with Crippen molar-refractivity contribution >= 4 is 55.7 Å². The van der Waals surface area contributed by atoms with E-state index in [-0.39, 0.29) is 0 Å². The second-order valence-corrected chi connectivity index (χ2v) is 12.9. The molecule has 0 aliphatic rings. The monoisotopic (exact) mass is 664 g/mol. The molecule has 2 heteroatoms. The zero-order valence-electron chi connectivity index (χ0n) is 28.7. The van der Waals surface area contributed by atoms with E-state index in [4.69, 9.17) is 0 Å². The van der Waals surface area contributed by atoms with E-state index in [2.05, 4.69) is 228 Å². The maximum atomic E-state index is 2.47. The first kappa shape index (κ1) is 31.1. The first-order valence-electron chi connectivity index (χ1n) is 17.8. The lowest BCUT2D eigenvalue weighted by Gasteiger charge is -2.36. The summed E-state index contributed by atoms with van der Waals surface area (Å²) in [6.45, 7) is 0. The number of rotatable bonds is 8. The quantitative estimate of drug-likeness (QED) is 0.159. The number of nitrogens with zero attached hydrogens (tertiary/aromatic N) is 2. The van der Waals surface area contributed by atoms with E-state index in [1.807, 2.05) is 0 Å². The molecule has 0 heterocycles. The predicted molar refractivity (Wildman–Crippen MR) is 222 cm³/mol. The molecule has 0 unspecified atom stereocenters. The van der Waals surface area contributed by atoms with E-state index in [1.54, 1.807) is 0 Å². The highest BCUT2D eigenvalue weighted by Crippen LogP contribution is 2.53. The van der Waals surface area contributed by atoms with Crippen LogP contribution in [0.5, 0.6) is 0 Å². The second-order valence-electron chi connectivity index (χ2n) is 12.9. The summed E-state index contributed by atoms with van der Waals surface area (Å²) in [6.07, 6.45) is 0. The van der Waals surface area contributed by atoms with Gasteiger partial charge in [-0.1, -0.05) is 176 Å². The zero-order valence-corrected chi connectivity index (χ0v) is 28.7. The minimum Gasteiger partial charge on any atom is -0.308 e. The zero-order chi connectivity index (χ0) is 34.7. The van der Waals surface area contributed by atoms with Crippen LogP contribution in [0.3, 0.4) is 0 Å². The minimum absolute atomic E-state index is 1.07. The SMILES string of the molecule is c1ccc(-c2ccccc2-c2cccc(N(c3ccccc3)c3cccc4ccccc34)c2N(c2ccccc2)c2cccc3ccccc23)cc1. The molecular weight excluding hydrogens is 629 g/mol. The first-order chi connectivity index (χ1) is 25.8. The molecule has 52 heavy (non-hydrogen) atoms. The van der Waals surface area contributed by atoms with E-state index in [9.17, 15) is 0 Å². The molecule has 246 valence electrons. The second kappa shape index (κ2) is 13.8. The summed E-state index contributed by atoms with van der Waals surface area (Å²) in [4.78, 5) is 4.91. The molecule has 2 nitrogen and oxygen atoms in total. The topological polar surface area (TPSA) is 6.48 Å². The van der Waals surface area contributed by atoms with Crippen LogP contribution >= 0.6 is 0 Å². The van der Waals surface area contributed by atoms with E-state index in [0.717, 1.165) is 45.3 Å². The maximum Gasteiger partial charge on any atom is 0.0781 e. The molecule has 9 aromatic rings. The number of fused-ring (bicyclic) bond motifs is 2. The smallest absolute Gasteiger partial charge is 0.0781 e. The molecule has 0 bridgehead atoms. The Bertz CT molecular complexity index is 2620. The largest absolute Gasteiger partial charge is 0.308 e. The summed E-state index contributed by atoms with van der Waals surface area (Å²) in [6, 6.07) is 78.5. The van der Waals surface area contributed by atoms with E-state index in [1.165, 1.54) is 32.7 Å². The molecule has 0 spiro atoms. The number of hydrogen-bond donors (Lipinski definition) is 0. The van der Waals surface area contributed by atoms with Crippen LogP contribution in [0.15, 0.2) is 218 Å². The Hall–Kier alpha value is -6.90. The van der Waals surface area contributed by atoms with Crippen LogP contribution in [0, 0.1) is 0 Å². The average Bonchev–Trinajstić information content (AvgIpc) is 3.23. The number of hydrogen-bond acceptors (Lipinski definition) is 2. The number of anilines is 6. The van der Waals surface area contributed by atoms with Crippen molar-refractivity contribution < 1.29 is 0 Å². The van der Waals surface area contributed by atoms with Crippen LogP contribution in [0.25, 0.3) is 43.8 Å². The van der Waals surface area contributed by atoms with Gasteiger partial charge < -0.3 is 9.80 Å². The van der Waals surface area contributed by atoms with Crippen molar-refractivity contribution in [3.8, 4) is 22.3 Å². The number of para-hydroxylation sites is 3. The summed E-state index contributed by atoms with van der Waals surface area (Å²) in [5, 5.41) is 4.76. The molecular formula is C50H36N2. The highest BCUT2D eigenvalue weighted by molar-refractivity contribution is 6.08. The van der Waals surface area contributed by atoms with Crippen molar-refractivity contribution in [2.75, 3.05) is 9.80 Å². The Morgan fingerprint density at radius 1 is 0.250 bits per heavy atom. The van der Waals surface area contributed by atoms with Crippen molar-refractivity contribution in [1.82, 2.24) is 0 Å². The van der Waals surface area contributed by atoms with Gasteiger partial charge in [0.15, 0.2) is 0 Å². The van der Waals surface area contributed by atoms with Crippen LogP contribution in [0.4, 0.5) is 34.1 Å². The Morgan fingerprint density at radius 3 is 1.27 bits per heavy atom. The predicted octanol–water partition coefficient (Wildman–Crippen LogP) is 14.3. The fourth-order valence-electron chi connectivity index (χ4n) is 7.51. The summed E-state index contributed by atoms with van der Waals surface area (Å²) in [7, 11) is 0. The lowest BCUT2D eigenvalue weighted by atomic mass is 9.91. The Balaban J connectivity index is 1.44. The molecule has 0 aliphatic heterocycles. The Morgan fingerprint density at radius 2 is 0.654 bits per heavy atom. The van der Waals surface area contributed by atoms with E-state index < -0.39 is 0 Å². The van der Waals surface area contributed by atoms with Gasteiger partial charge in [-0.2, -0.15) is 0 Å². The fourth-order valence-corrected chi connectivity index (χ4v) is 7.51. The van der Waals surface area contributed by atoms with Gasteiger partial charge in [-0.25, -0.2) is 0 Å². The fraction of sp³-hybridized carbons (Fsp3) is 0. The number of benzene rings is 9. The van der Waals surface area contributed by atoms with Crippen molar-refractivity contribution in [1.29, 1.82) is 0 Å². The van der Waals surface area contributed by atoms with Crippen LogP contribution in [-0.4, -0.2) is 0 Å². The van der Waals surface area contributed by atoms with Crippen LogP contribution in [0.1, 0.15) is 0 Å². The lowest BCUT2D eigenvalue weighted by molar-refractivity contribution is 1.24. The third kappa shape index (κ3) is 5.67. The van der Waals surface area contributed by atoms with Gasteiger partial charge in [-0.05, 0) is 69.9 Å². The summed E-state index contributed by atoms with van der Waals surface area (Å²) in [5.41, 5.74) is 11.2. The minimum atomic E-state index is 1.07. The van der Waals surface area contributed by atoms with E-state index >= 15 is 0 Å². The molecule has 0 radical (unpaired) electrons. The molecule has 0 aliphatic carbocycles. The molecule has 0 saturated carbocycles. The Labute approximate surface area is 305 Å². The van der Waals surface area contributed by atoms with Crippen LogP contribution < -0.4 is 9.80 Å². The molecule has 0 fully saturated rings. The normalized spacial score (nSPS) is 11.1. The van der Waals surface area contributed by atoms with Gasteiger partial charge in [-0.3, -0.25) is 0 Å². The first-order valence-corrected chi connectivity index (χ1v) is 17.8. The van der Waals surface area contributed by atoms with E-state index in [0.29, 0.717) is 0 Å². The third-order valence-corrected chi connectivity index (χ3v) is 9.83. The standard InChI is InChI=1S/C50H36N2/c1-4-19-37(20-5-1)42-29-14-15-32-45(42)46-33-18-36-49(51(40-25-6-2-7-26-40)47-34-16-23-38-21-10-12-30-43(38)47)50(46)52(41-27-8-3-9-28-41)48-35-17-24-39-22-11-13-31-44(39)48/h1-36H. The van der Waals surface area contributed by atoms with Crippen LogP contribution in [-0.2, 0) is 0 Å². The molecule has 0 saturated heterocycles. The van der Waals surface area contributed by atoms with Gasteiger partial charge in [0.25, 0.3) is 0 Å². The highest BCUT2D eigenvalue weighted by atomic mass is 15.2. The van der Waals surface area contributed by atoms with Gasteiger partial charge in [0.05, 0.1) is 22.7 Å². The maximum absolute atomic E-state index is 2.47. The molecule has 0 N–H and O–H groups in total. The Kier molecular flexibility index (Phi) is 8.24. The molecule has 9 aromatic carbocycles. The van der Waals surface area contributed by atoms with Gasteiger partial charge in [0, 0.05) is 27.7 Å².